The van der Waals surface area contributed by atoms with Gasteiger partial charge in [-0.1, -0.05) is 17.7 Å². The van der Waals surface area contributed by atoms with Crippen LogP contribution in [0.1, 0.15) is 51.0 Å². The topological polar surface area (TPSA) is 72.5 Å². The van der Waals surface area contributed by atoms with Crippen LogP contribution in [-0.2, 0) is 14.3 Å². The minimum atomic E-state index is -0.932. The third-order valence-corrected chi connectivity index (χ3v) is 5.18. The first kappa shape index (κ1) is 20.8. The maximum atomic E-state index is 12.2. The maximum absolute atomic E-state index is 12.2. The number of Topliss-reactive ketones (excluding diaryl/α,β-unsaturated/α-hetero) is 1. The van der Waals surface area contributed by atoms with Crippen molar-refractivity contribution in [3.8, 4) is 0 Å². The Morgan fingerprint density at radius 3 is 2.37 bits per heavy atom. The molecule has 2 rings (SSSR count). The molecule has 144 valence electrons. The molecule has 0 radical (unpaired) electrons. The lowest BCUT2D eigenvalue weighted by molar-refractivity contribution is -0.153. The summed E-state index contributed by atoms with van der Waals surface area (Å²) >= 11 is 1.56. The molecule has 0 bridgehead atoms. The lowest BCUT2D eigenvalue weighted by Crippen LogP contribution is -2.30. The van der Waals surface area contributed by atoms with E-state index in [0.29, 0.717) is 11.3 Å². The van der Waals surface area contributed by atoms with Gasteiger partial charge in [0.1, 0.15) is 0 Å². The Balaban J connectivity index is 1.84. The lowest BCUT2D eigenvalue weighted by Gasteiger charge is -2.15. The molecule has 27 heavy (non-hydrogen) atoms. The Labute approximate surface area is 163 Å². The van der Waals surface area contributed by atoms with Crippen LogP contribution < -0.4 is 5.32 Å². The molecule has 1 N–H and O–H groups in total. The maximum Gasteiger partial charge on any atom is 0.307 e. The summed E-state index contributed by atoms with van der Waals surface area (Å²) in [5.74, 6) is -1.04. The molecule has 2 aromatic rings. The second-order valence-corrected chi connectivity index (χ2v) is 8.15. The molecule has 1 amide bonds. The second-order valence-electron chi connectivity index (χ2n) is 6.69. The van der Waals surface area contributed by atoms with Crippen molar-refractivity contribution in [2.75, 3.05) is 5.32 Å². The molecule has 0 saturated heterocycles. The summed E-state index contributed by atoms with van der Waals surface area (Å²) in [6.07, 6.45) is -0.909. The van der Waals surface area contributed by atoms with Gasteiger partial charge < -0.3 is 10.1 Å². The minimum absolute atomic E-state index is 0.0473. The Bertz CT molecular complexity index is 869. The van der Waals surface area contributed by atoms with Gasteiger partial charge in [0, 0.05) is 27.4 Å². The first-order chi connectivity index (χ1) is 12.7. The van der Waals surface area contributed by atoms with E-state index in [1.165, 1.54) is 6.92 Å². The molecular weight excluding hydrogens is 362 g/mol. The molecule has 0 spiro atoms. The van der Waals surface area contributed by atoms with Crippen molar-refractivity contribution in [1.82, 2.24) is 0 Å². The molecule has 1 aromatic heterocycles. The van der Waals surface area contributed by atoms with E-state index in [0.717, 1.165) is 20.9 Å². The fourth-order valence-corrected chi connectivity index (χ4v) is 3.70. The van der Waals surface area contributed by atoms with Crippen LogP contribution in [0.5, 0.6) is 0 Å². The number of carbonyl (C=O) groups is 3. The number of ether oxygens (including phenoxy) is 1. The lowest BCUT2D eigenvalue weighted by atomic mass is 10.1. The van der Waals surface area contributed by atoms with Crippen LogP contribution in [0.25, 0.3) is 0 Å². The average molecular weight is 388 g/mol. The van der Waals surface area contributed by atoms with Gasteiger partial charge in [-0.05, 0) is 52.3 Å². The number of hydrogen-bond acceptors (Lipinski definition) is 5. The molecule has 0 aliphatic carbocycles. The van der Waals surface area contributed by atoms with E-state index >= 15 is 0 Å². The monoisotopic (exact) mass is 387 g/mol. The number of ketones is 1. The second kappa shape index (κ2) is 8.95. The molecule has 1 heterocycles. The highest BCUT2D eigenvalue weighted by Crippen LogP contribution is 2.22. The van der Waals surface area contributed by atoms with Crippen molar-refractivity contribution in [2.24, 2.45) is 0 Å². The van der Waals surface area contributed by atoms with Gasteiger partial charge in [-0.3, -0.25) is 14.4 Å². The summed E-state index contributed by atoms with van der Waals surface area (Å²) in [7, 11) is 0. The smallest absolute Gasteiger partial charge is 0.307 e. The van der Waals surface area contributed by atoms with Crippen molar-refractivity contribution in [3.63, 3.8) is 0 Å². The molecule has 1 aromatic carbocycles. The highest BCUT2D eigenvalue weighted by molar-refractivity contribution is 7.12. The largest absolute Gasteiger partial charge is 0.453 e. The number of hydrogen-bond donors (Lipinski definition) is 1. The summed E-state index contributed by atoms with van der Waals surface area (Å²) in [6, 6.07) is 7.53. The molecule has 0 fully saturated rings. The van der Waals surface area contributed by atoms with Crippen molar-refractivity contribution < 1.29 is 19.1 Å². The molecule has 1 atom stereocenters. The van der Waals surface area contributed by atoms with Crippen molar-refractivity contribution in [2.45, 2.75) is 53.6 Å². The number of thiophene rings is 1. The third-order valence-electron chi connectivity index (χ3n) is 4.21. The van der Waals surface area contributed by atoms with Gasteiger partial charge in [-0.2, -0.15) is 0 Å². The molecule has 0 aliphatic heterocycles. The van der Waals surface area contributed by atoms with Crippen LogP contribution in [0.4, 0.5) is 5.69 Å². The number of aryl methyl sites for hydroxylation is 4. The third kappa shape index (κ3) is 5.76. The number of carbonyl (C=O) groups excluding carboxylic acids is 3. The van der Waals surface area contributed by atoms with Crippen molar-refractivity contribution >= 4 is 34.7 Å². The van der Waals surface area contributed by atoms with E-state index < -0.39 is 18.0 Å². The van der Waals surface area contributed by atoms with Gasteiger partial charge in [-0.25, -0.2) is 0 Å². The van der Waals surface area contributed by atoms with E-state index in [4.69, 9.17) is 4.74 Å². The van der Waals surface area contributed by atoms with Gasteiger partial charge in [0.15, 0.2) is 11.9 Å². The Morgan fingerprint density at radius 2 is 1.78 bits per heavy atom. The van der Waals surface area contributed by atoms with Crippen molar-refractivity contribution in [3.05, 3.63) is 50.7 Å². The molecular formula is C21H25NO4S. The quantitative estimate of drug-likeness (QED) is 0.560. The summed E-state index contributed by atoms with van der Waals surface area (Å²) < 4.78 is 5.17. The fraction of sp³-hybridized carbons (Fsp3) is 0.381. The van der Waals surface area contributed by atoms with Gasteiger partial charge >= 0.3 is 5.97 Å². The minimum Gasteiger partial charge on any atom is -0.453 e. The zero-order valence-corrected chi connectivity index (χ0v) is 17.2. The van der Waals surface area contributed by atoms with Gasteiger partial charge in [-0.15, -0.1) is 11.3 Å². The van der Waals surface area contributed by atoms with Gasteiger partial charge in [0.2, 0.25) is 0 Å². The van der Waals surface area contributed by atoms with E-state index in [1.807, 2.05) is 52.0 Å². The van der Waals surface area contributed by atoms with Crippen LogP contribution in [0.15, 0.2) is 24.3 Å². The summed E-state index contributed by atoms with van der Waals surface area (Å²) in [4.78, 5) is 38.5. The predicted octanol–water partition coefficient (Wildman–Crippen LogP) is 4.52. The van der Waals surface area contributed by atoms with Gasteiger partial charge in [0.05, 0.1) is 6.42 Å². The number of benzene rings is 1. The summed E-state index contributed by atoms with van der Waals surface area (Å²) in [5, 5.41) is 2.76. The Morgan fingerprint density at radius 1 is 1.07 bits per heavy atom. The van der Waals surface area contributed by atoms with E-state index in [-0.39, 0.29) is 18.6 Å². The number of rotatable bonds is 7. The van der Waals surface area contributed by atoms with Crippen LogP contribution >= 0.6 is 11.3 Å². The summed E-state index contributed by atoms with van der Waals surface area (Å²) in [5.41, 5.74) is 3.39. The van der Waals surface area contributed by atoms with Crippen LogP contribution in [0.3, 0.4) is 0 Å². The first-order valence-corrected chi connectivity index (χ1v) is 9.67. The Hall–Kier alpha value is -2.47. The highest BCUT2D eigenvalue weighted by Gasteiger charge is 2.20. The number of amides is 1. The van der Waals surface area contributed by atoms with Crippen LogP contribution in [0.2, 0.25) is 0 Å². The number of anilines is 1. The van der Waals surface area contributed by atoms with E-state index in [1.54, 1.807) is 11.3 Å². The molecule has 0 saturated carbocycles. The molecule has 5 nitrogen and oxygen atoms in total. The SMILES string of the molecule is Cc1ccc(NC(=O)[C@@H](C)OC(=O)CCC(=O)c2cc(C)sc2C)c(C)c1. The van der Waals surface area contributed by atoms with Crippen LogP contribution in [-0.4, -0.2) is 23.8 Å². The normalized spacial score (nSPS) is 11.7. The number of nitrogens with one attached hydrogen (secondary N) is 1. The highest BCUT2D eigenvalue weighted by atomic mass is 32.1. The molecule has 0 aliphatic rings. The van der Waals surface area contributed by atoms with Crippen molar-refractivity contribution in [1.29, 1.82) is 0 Å². The zero-order chi connectivity index (χ0) is 20.1. The number of esters is 1. The van der Waals surface area contributed by atoms with Crippen LogP contribution in [0, 0.1) is 27.7 Å². The zero-order valence-electron chi connectivity index (χ0n) is 16.3. The first-order valence-electron chi connectivity index (χ1n) is 8.85. The van der Waals surface area contributed by atoms with E-state index in [9.17, 15) is 14.4 Å². The molecule has 0 unspecified atom stereocenters. The standard InChI is InChI=1S/C21H25NO4S/c1-12-6-7-18(13(2)10-12)22-21(25)15(4)26-20(24)9-8-19(23)17-11-14(3)27-16(17)5/h6-7,10-11,15H,8-9H2,1-5H3,(H,22,25)/t15-/m1/s1. The molecule has 6 heteroatoms. The Kier molecular flexibility index (Phi) is 6.91. The van der Waals surface area contributed by atoms with E-state index in [2.05, 4.69) is 5.32 Å². The fourth-order valence-electron chi connectivity index (χ4n) is 2.76. The predicted molar refractivity (Wildman–Crippen MR) is 107 cm³/mol. The summed E-state index contributed by atoms with van der Waals surface area (Å²) in [6.45, 7) is 9.23. The van der Waals surface area contributed by atoms with Gasteiger partial charge in [0.25, 0.3) is 5.91 Å². The average Bonchev–Trinajstić information content (AvgIpc) is 2.93.